The SMILES string of the molecule is Cc1noc(C)c1CC(=O)NCCn1ncc(-c2ccncc2)c1-c1cccs1. The number of hydrogen-bond donors (Lipinski definition) is 1. The van der Waals surface area contributed by atoms with Crippen molar-refractivity contribution < 1.29 is 9.32 Å². The fraction of sp³-hybridized carbons (Fsp3) is 0.238. The first kappa shape index (κ1) is 19.1. The van der Waals surface area contributed by atoms with Gasteiger partial charge in [-0.1, -0.05) is 11.2 Å². The van der Waals surface area contributed by atoms with Gasteiger partial charge >= 0.3 is 0 Å². The van der Waals surface area contributed by atoms with Crippen LogP contribution in [0.2, 0.25) is 0 Å². The molecule has 4 rings (SSSR count). The molecule has 0 aromatic carbocycles. The minimum Gasteiger partial charge on any atom is -0.361 e. The van der Waals surface area contributed by atoms with Crippen molar-refractivity contribution in [1.29, 1.82) is 0 Å². The zero-order valence-electron chi connectivity index (χ0n) is 16.3. The van der Waals surface area contributed by atoms with Gasteiger partial charge in [-0.25, -0.2) is 0 Å². The number of rotatable bonds is 7. The maximum atomic E-state index is 12.3. The number of carbonyl (C=O) groups excluding carboxylic acids is 1. The summed E-state index contributed by atoms with van der Waals surface area (Å²) in [5, 5.41) is 13.5. The molecule has 0 saturated heterocycles. The lowest BCUT2D eigenvalue weighted by Gasteiger charge is -2.10. The predicted molar refractivity (Wildman–Crippen MR) is 111 cm³/mol. The molecule has 0 atom stereocenters. The normalized spacial score (nSPS) is 11.0. The Labute approximate surface area is 172 Å². The number of aromatic nitrogens is 4. The highest BCUT2D eigenvalue weighted by Gasteiger charge is 2.16. The smallest absolute Gasteiger partial charge is 0.224 e. The van der Waals surface area contributed by atoms with Crippen molar-refractivity contribution >= 4 is 17.2 Å². The molecule has 0 aliphatic rings. The number of hydrogen-bond acceptors (Lipinski definition) is 6. The first-order chi connectivity index (χ1) is 14.1. The summed E-state index contributed by atoms with van der Waals surface area (Å²) in [7, 11) is 0. The van der Waals surface area contributed by atoms with Crippen LogP contribution in [0.4, 0.5) is 0 Å². The van der Waals surface area contributed by atoms with Gasteiger partial charge in [0, 0.05) is 30.1 Å². The van der Waals surface area contributed by atoms with Gasteiger partial charge in [0.05, 0.1) is 35.4 Å². The molecular weight excluding hydrogens is 386 g/mol. The van der Waals surface area contributed by atoms with Crippen LogP contribution in [0.25, 0.3) is 21.7 Å². The standard InChI is InChI=1S/C21H21N5O2S/c1-14-17(15(2)28-25-14)12-20(27)23-9-10-26-21(19-4-3-11-29-19)18(13-24-26)16-5-7-22-8-6-16/h3-8,11,13H,9-10,12H2,1-2H3,(H,23,27). The van der Waals surface area contributed by atoms with E-state index in [2.05, 4.69) is 26.6 Å². The van der Waals surface area contributed by atoms with E-state index in [1.165, 1.54) is 0 Å². The van der Waals surface area contributed by atoms with Crippen LogP contribution in [-0.2, 0) is 17.8 Å². The molecule has 0 unspecified atom stereocenters. The Morgan fingerprint density at radius 3 is 2.76 bits per heavy atom. The molecule has 0 aliphatic heterocycles. The maximum Gasteiger partial charge on any atom is 0.224 e. The predicted octanol–water partition coefficient (Wildman–Crippen LogP) is 3.64. The molecule has 148 valence electrons. The van der Waals surface area contributed by atoms with Crippen LogP contribution in [-0.4, -0.2) is 32.4 Å². The first-order valence-electron chi connectivity index (χ1n) is 9.32. The van der Waals surface area contributed by atoms with E-state index in [0.717, 1.165) is 33.0 Å². The summed E-state index contributed by atoms with van der Waals surface area (Å²) < 4.78 is 7.07. The van der Waals surface area contributed by atoms with Crippen molar-refractivity contribution in [3.8, 4) is 21.7 Å². The minimum atomic E-state index is -0.0569. The van der Waals surface area contributed by atoms with Gasteiger partial charge in [-0.3, -0.25) is 14.5 Å². The van der Waals surface area contributed by atoms with Crippen LogP contribution >= 0.6 is 11.3 Å². The van der Waals surface area contributed by atoms with Gasteiger partial charge in [0.15, 0.2) is 0 Å². The van der Waals surface area contributed by atoms with E-state index in [4.69, 9.17) is 4.52 Å². The van der Waals surface area contributed by atoms with E-state index in [-0.39, 0.29) is 12.3 Å². The van der Waals surface area contributed by atoms with Crippen LogP contribution in [0.15, 0.2) is 52.8 Å². The Hall–Kier alpha value is -3.26. The van der Waals surface area contributed by atoms with E-state index in [1.54, 1.807) is 23.7 Å². The molecular formula is C21H21N5O2S. The highest BCUT2D eigenvalue weighted by Crippen LogP contribution is 2.34. The molecule has 4 heterocycles. The Bertz CT molecular complexity index is 1080. The van der Waals surface area contributed by atoms with Gasteiger partial charge < -0.3 is 9.84 Å². The number of aryl methyl sites for hydroxylation is 2. The van der Waals surface area contributed by atoms with Crippen LogP contribution in [0.5, 0.6) is 0 Å². The second kappa shape index (κ2) is 8.40. The molecule has 0 radical (unpaired) electrons. The van der Waals surface area contributed by atoms with E-state index >= 15 is 0 Å². The van der Waals surface area contributed by atoms with E-state index in [9.17, 15) is 4.79 Å². The third kappa shape index (κ3) is 4.12. The summed E-state index contributed by atoms with van der Waals surface area (Å²) >= 11 is 1.67. The minimum absolute atomic E-state index is 0.0569. The summed E-state index contributed by atoms with van der Waals surface area (Å²) in [5.74, 6) is 0.630. The lowest BCUT2D eigenvalue weighted by Crippen LogP contribution is -2.29. The molecule has 0 spiro atoms. The van der Waals surface area contributed by atoms with Crippen LogP contribution in [0.3, 0.4) is 0 Å². The summed E-state index contributed by atoms with van der Waals surface area (Å²) in [5.41, 5.74) is 4.77. The molecule has 0 bridgehead atoms. The van der Waals surface area contributed by atoms with Crippen molar-refractivity contribution in [3.63, 3.8) is 0 Å². The molecule has 29 heavy (non-hydrogen) atoms. The quantitative estimate of drug-likeness (QED) is 0.505. The second-order valence-corrected chi connectivity index (χ2v) is 7.62. The zero-order chi connectivity index (χ0) is 20.2. The monoisotopic (exact) mass is 407 g/mol. The Morgan fingerprint density at radius 1 is 1.24 bits per heavy atom. The topological polar surface area (TPSA) is 85.8 Å². The molecule has 8 heteroatoms. The molecule has 1 N–H and O–H groups in total. The fourth-order valence-corrected chi connectivity index (χ4v) is 4.04. The van der Waals surface area contributed by atoms with Gasteiger partial charge in [-0.05, 0) is 43.0 Å². The molecule has 0 fully saturated rings. The van der Waals surface area contributed by atoms with Gasteiger partial charge in [-0.2, -0.15) is 5.10 Å². The highest BCUT2D eigenvalue weighted by atomic mass is 32.1. The van der Waals surface area contributed by atoms with Gasteiger partial charge in [0.2, 0.25) is 5.91 Å². The second-order valence-electron chi connectivity index (χ2n) is 6.67. The van der Waals surface area contributed by atoms with Crippen LogP contribution in [0.1, 0.15) is 17.0 Å². The Kier molecular flexibility index (Phi) is 5.53. The Morgan fingerprint density at radius 2 is 2.07 bits per heavy atom. The van der Waals surface area contributed by atoms with Crippen molar-refractivity contribution in [3.05, 3.63) is 65.3 Å². The zero-order valence-corrected chi connectivity index (χ0v) is 17.1. The summed E-state index contributed by atoms with van der Waals surface area (Å²) in [6.07, 6.45) is 5.69. The van der Waals surface area contributed by atoms with E-state index in [0.29, 0.717) is 18.8 Å². The average molecular weight is 407 g/mol. The van der Waals surface area contributed by atoms with Crippen LogP contribution in [0, 0.1) is 13.8 Å². The molecule has 4 aromatic heterocycles. The van der Waals surface area contributed by atoms with Crippen molar-refractivity contribution in [1.82, 2.24) is 25.2 Å². The van der Waals surface area contributed by atoms with Gasteiger partial charge in [-0.15, -0.1) is 11.3 Å². The third-order valence-electron chi connectivity index (χ3n) is 4.75. The third-order valence-corrected chi connectivity index (χ3v) is 5.63. The summed E-state index contributed by atoms with van der Waals surface area (Å²) in [4.78, 5) is 17.6. The highest BCUT2D eigenvalue weighted by molar-refractivity contribution is 7.13. The number of amides is 1. The van der Waals surface area contributed by atoms with E-state index in [1.807, 2.05) is 48.3 Å². The molecule has 0 aliphatic carbocycles. The van der Waals surface area contributed by atoms with Crippen molar-refractivity contribution in [2.45, 2.75) is 26.8 Å². The molecule has 7 nitrogen and oxygen atoms in total. The average Bonchev–Trinajstić information content (AvgIpc) is 3.46. The van der Waals surface area contributed by atoms with Gasteiger partial charge in [0.25, 0.3) is 0 Å². The van der Waals surface area contributed by atoms with Crippen molar-refractivity contribution in [2.24, 2.45) is 0 Å². The number of nitrogens with zero attached hydrogens (tertiary/aromatic N) is 4. The lowest BCUT2D eigenvalue weighted by atomic mass is 10.1. The number of pyridine rings is 1. The maximum absolute atomic E-state index is 12.3. The first-order valence-corrected chi connectivity index (χ1v) is 10.2. The van der Waals surface area contributed by atoms with Crippen molar-refractivity contribution in [2.75, 3.05) is 6.54 Å². The summed E-state index contributed by atoms with van der Waals surface area (Å²) in [6, 6.07) is 8.06. The fourth-order valence-electron chi connectivity index (χ4n) is 3.25. The Balaban J connectivity index is 1.48. The number of nitrogens with one attached hydrogen (secondary N) is 1. The molecule has 4 aromatic rings. The molecule has 1 amide bonds. The van der Waals surface area contributed by atoms with Gasteiger partial charge in [0.1, 0.15) is 5.76 Å². The van der Waals surface area contributed by atoms with Crippen LogP contribution < -0.4 is 5.32 Å². The molecule has 0 saturated carbocycles. The van der Waals surface area contributed by atoms with E-state index < -0.39 is 0 Å². The summed E-state index contributed by atoms with van der Waals surface area (Å²) in [6.45, 7) is 4.72. The number of thiophene rings is 1. The number of carbonyl (C=O) groups is 1. The largest absolute Gasteiger partial charge is 0.361 e. The lowest BCUT2D eigenvalue weighted by molar-refractivity contribution is -0.120.